The van der Waals surface area contributed by atoms with Crippen LogP contribution in [0.25, 0.3) is 0 Å². The molecule has 3 rings (SSSR count). The van der Waals surface area contributed by atoms with Crippen LogP contribution in [0.3, 0.4) is 0 Å². The summed E-state index contributed by atoms with van der Waals surface area (Å²) >= 11 is 0. The molecular weight excluding hydrogens is 342 g/mol. The summed E-state index contributed by atoms with van der Waals surface area (Å²) in [6.07, 6.45) is 3.35. The van der Waals surface area contributed by atoms with Crippen LogP contribution in [0.15, 0.2) is 42.5 Å². The third-order valence-electron chi connectivity index (χ3n) is 4.73. The number of aryl methyl sites for hydroxylation is 3. The third-order valence-corrected chi connectivity index (χ3v) is 4.73. The first-order valence-electron chi connectivity index (χ1n) is 9.39. The fraction of sp³-hybridized carbons (Fsp3) is 0.364. The molecule has 0 bridgehead atoms. The number of benzene rings is 2. The van der Waals surface area contributed by atoms with E-state index < -0.39 is 12.1 Å². The second-order valence-electron chi connectivity index (χ2n) is 6.74. The summed E-state index contributed by atoms with van der Waals surface area (Å²) in [5, 5.41) is 2.74. The summed E-state index contributed by atoms with van der Waals surface area (Å²) < 4.78 is 10.7. The average molecular weight is 367 g/mol. The zero-order valence-corrected chi connectivity index (χ0v) is 15.8. The zero-order valence-electron chi connectivity index (χ0n) is 15.8. The van der Waals surface area contributed by atoms with E-state index in [1.165, 1.54) is 16.7 Å². The number of nitrogens with one attached hydrogen (secondary N) is 1. The van der Waals surface area contributed by atoms with E-state index in [0.717, 1.165) is 25.7 Å². The molecule has 0 unspecified atom stereocenters. The average Bonchev–Trinajstić information content (AvgIpc) is 3.14. The lowest BCUT2D eigenvalue weighted by Gasteiger charge is -2.14. The van der Waals surface area contributed by atoms with E-state index in [0.29, 0.717) is 11.4 Å². The summed E-state index contributed by atoms with van der Waals surface area (Å²) in [6.45, 7) is 3.39. The van der Waals surface area contributed by atoms with Gasteiger partial charge in [0.2, 0.25) is 0 Å². The monoisotopic (exact) mass is 367 g/mol. The summed E-state index contributed by atoms with van der Waals surface area (Å²) in [6, 6.07) is 13.5. The van der Waals surface area contributed by atoms with Gasteiger partial charge in [-0.15, -0.1) is 0 Å². The molecule has 0 fully saturated rings. The largest absolute Gasteiger partial charge is 0.482 e. The maximum Gasteiger partial charge on any atom is 0.344 e. The van der Waals surface area contributed by atoms with Crippen LogP contribution in [0, 0.1) is 0 Å². The van der Waals surface area contributed by atoms with E-state index >= 15 is 0 Å². The number of fused-ring (bicyclic) bond motifs is 1. The lowest BCUT2D eigenvalue weighted by atomic mass is 10.1. The lowest BCUT2D eigenvalue weighted by molar-refractivity contribution is -0.155. The van der Waals surface area contributed by atoms with Crippen LogP contribution in [0.4, 0.5) is 5.69 Å². The van der Waals surface area contributed by atoms with E-state index in [4.69, 9.17) is 9.47 Å². The highest BCUT2D eigenvalue weighted by Gasteiger charge is 2.19. The van der Waals surface area contributed by atoms with Gasteiger partial charge in [0.25, 0.3) is 5.91 Å². The van der Waals surface area contributed by atoms with Gasteiger partial charge >= 0.3 is 5.97 Å². The summed E-state index contributed by atoms with van der Waals surface area (Å²) in [5.41, 5.74) is 4.50. The second-order valence-corrected chi connectivity index (χ2v) is 6.74. The number of ether oxygens (including phenoxy) is 2. The van der Waals surface area contributed by atoms with Crippen molar-refractivity contribution in [3.05, 3.63) is 59.2 Å². The van der Waals surface area contributed by atoms with E-state index in [9.17, 15) is 9.59 Å². The number of carbonyl (C=O) groups is 2. The molecule has 0 heterocycles. The van der Waals surface area contributed by atoms with Crippen molar-refractivity contribution in [1.29, 1.82) is 0 Å². The van der Waals surface area contributed by atoms with E-state index in [-0.39, 0.29) is 12.5 Å². The summed E-state index contributed by atoms with van der Waals surface area (Å²) in [4.78, 5) is 24.1. The van der Waals surface area contributed by atoms with Gasteiger partial charge < -0.3 is 14.8 Å². The topological polar surface area (TPSA) is 64.6 Å². The van der Waals surface area contributed by atoms with Crippen LogP contribution in [-0.4, -0.2) is 24.6 Å². The Balaban J connectivity index is 1.45. The smallest absolute Gasteiger partial charge is 0.344 e. The molecule has 0 radical (unpaired) electrons. The molecule has 1 N–H and O–H groups in total. The number of esters is 1. The molecule has 142 valence electrons. The predicted octanol–water partition coefficient (Wildman–Crippen LogP) is 3.69. The summed E-state index contributed by atoms with van der Waals surface area (Å²) in [7, 11) is 0. The normalized spacial score (nSPS) is 13.6. The minimum absolute atomic E-state index is 0.221. The lowest BCUT2D eigenvalue weighted by Crippen LogP contribution is -2.31. The first-order valence-corrected chi connectivity index (χ1v) is 9.39. The van der Waals surface area contributed by atoms with Gasteiger partial charge in [-0.3, -0.25) is 4.79 Å². The van der Waals surface area contributed by atoms with E-state index in [2.05, 4.69) is 12.2 Å². The fourth-order valence-electron chi connectivity index (χ4n) is 3.13. The van der Waals surface area contributed by atoms with Gasteiger partial charge in [0.05, 0.1) is 0 Å². The summed E-state index contributed by atoms with van der Waals surface area (Å²) in [5.74, 6) is -0.287. The van der Waals surface area contributed by atoms with Gasteiger partial charge in [-0.1, -0.05) is 25.1 Å². The third kappa shape index (κ3) is 5.09. The Bertz CT molecular complexity index is 814. The molecule has 5 heteroatoms. The maximum atomic E-state index is 12.2. The molecule has 1 atom stereocenters. The second kappa shape index (κ2) is 8.71. The fourth-order valence-corrected chi connectivity index (χ4v) is 3.13. The first-order chi connectivity index (χ1) is 13.0. The molecule has 1 aliphatic carbocycles. The van der Waals surface area contributed by atoms with Crippen LogP contribution in [0.1, 0.15) is 37.0 Å². The number of hydrogen-bond acceptors (Lipinski definition) is 4. The van der Waals surface area contributed by atoms with Crippen molar-refractivity contribution in [1.82, 2.24) is 0 Å². The predicted molar refractivity (Wildman–Crippen MR) is 104 cm³/mol. The van der Waals surface area contributed by atoms with Crippen LogP contribution in [0.2, 0.25) is 0 Å². The molecule has 5 nitrogen and oxygen atoms in total. The highest BCUT2D eigenvalue weighted by atomic mass is 16.6. The number of carbonyl (C=O) groups excluding carboxylic acids is 2. The number of amides is 1. The Hall–Kier alpha value is -2.82. The van der Waals surface area contributed by atoms with Crippen molar-refractivity contribution >= 4 is 17.6 Å². The highest BCUT2D eigenvalue weighted by Crippen LogP contribution is 2.26. The van der Waals surface area contributed by atoms with Gasteiger partial charge in [0.1, 0.15) is 5.75 Å². The Kier molecular flexibility index (Phi) is 6.12. The van der Waals surface area contributed by atoms with Crippen molar-refractivity contribution in [2.24, 2.45) is 0 Å². The number of anilines is 1. The van der Waals surface area contributed by atoms with Crippen molar-refractivity contribution < 1.29 is 19.1 Å². The minimum Gasteiger partial charge on any atom is -0.482 e. The standard InChI is InChI=1S/C22H25NO4/c1-3-16-7-10-19(11-8-16)23-22(25)15(2)27-21(24)14-26-20-12-9-17-5-4-6-18(17)13-20/h7-13,15H,3-6,14H2,1-2H3,(H,23,25)/t15-/m1/s1. The highest BCUT2D eigenvalue weighted by molar-refractivity contribution is 5.95. The van der Waals surface area contributed by atoms with Crippen molar-refractivity contribution in [3.8, 4) is 5.75 Å². The maximum absolute atomic E-state index is 12.2. The van der Waals surface area contributed by atoms with E-state index in [1.807, 2.05) is 42.5 Å². The van der Waals surface area contributed by atoms with Crippen LogP contribution < -0.4 is 10.1 Å². The Morgan fingerprint density at radius 2 is 1.81 bits per heavy atom. The molecule has 0 saturated carbocycles. The Morgan fingerprint density at radius 3 is 2.56 bits per heavy atom. The van der Waals surface area contributed by atoms with Gasteiger partial charge in [0, 0.05) is 5.69 Å². The number of hydrogen-bond donors (Lipinski definition) is 1. The quantitative estimate of drug-likeness (QED) is 0.758. The SMILES string of the molecule is CCc1ccc(NC(=O)[C@@H](C)OC(=O)COc2ccc3c(c2)CCC3)cc1. The number of rotatable bonds is 7. The van der Waals surface area contributed by atoms with Crippen LogP contribution >= 0.6 is 0 Å². The van der Waals surface area contributed by atoms with Crippen molar-refractivity contribution in [2.45, 2.75) is 45.6 Å². The molecule has 0 aromatic heterocycles. The van der Waals surface area contributed by atoms with Gasteiger partial charge in [-0.25, -0.2) is 4.79 Å². The molecular formula is C22H25NO4. The molecule has 2 aromatic carbocycles. The molecule has 0 aliphatic heterocycles. The molecule has 27 heavy (non-hydrogen) atoms. The van der Waals surface area contributed by atoms with Gasteiger partial charge in [0.15, 0.2) is 12.7 Å². The van der Waals surface area contributed by atoms with Gasteiger partial charge in [-0.2, -0.15) is 0 Å². The first kappa shape index (κ1) is 19.0. The Labute approximate surface area is 159 Å². The van der Waals surface area contributed by atoms with Crippen molar-refractivity contribution in [3.63, 3.8) is 0 Å². The van der Waals surface area contributed by atoms with Crippen LogP contribution in [-0.2, 0) is 33.6 Å². The molecule has 2 aromatic rings. The molecule has 0 spiro atoms. The molecule has 1 aliphatic rings. The Morgan fingerprint density at radius 1 is 1.07 bits per heavy atom. The molecule has 0 saturated heterocycles. The van der Waals surface area contributed by atoms with Crippen molar-refractivity contribution in [2.75, 3.05) is 11.9 Å². The zero-order chi connectivity index (χ0) is 19.2. The van der Waals surface area contributed by atoms with Gasteiger partial charge in [-0.05, 0) is 73.6 Å². The minimum atomic E-state index is -0.896. The molecule has 1 amide bonds. The van der Waals surface area contributed by atoms with Crippen LogP contribution in [0.5, 0.6) is 5.75 Å². The van der Waals surface area contributed by atoms with E-state index in [1.54, 1.807) is 6.92 Å².